The summed E-state index contributed by atoms with van der Waals surface area (Å²) in [6, 6.07) is 4.16. The molecule has 0 unspecified atom stereocenters. The average molecular weight is 384 g/mol. The van der Waals surface area contributed by atoms with Gasteiger partial charge in [0, 0.05) is 11.4 Å². The molecule has 25 heavy (non-hydrogen) atoms. The van der Waals surface area contributed by atoms with Crippen LogP contribution in [0.15, 0.2) is 26.9 Å². The molecule has 3 rings (SSSR count). The smallest absolute Gasteiger partial charge is 0.246 e. The topological polar surface area (TPSA) is 75.4 Å². The maximum atomic E-state index is 12.7. The molecule has 8 heteroatoms. The van der Waals surface area contributed by atoms with Gasteiger partial charge in [-0.15, -0.1) is 11.3 Å². The minimum absolute atomic E-state index is 0.0581. The number of thiophene rings is 1. The third-order valence-corrected chi connectivity index (χ3v) is 7.47. The Morgan fingerprint density at radius 2 is 2.12 bits per heavy atom. The van der Waals surface area contributed by atoms with Crippen molar-refractivity contribution in [3.8, 4) is 0 Å². The van der Waals surface area contributed by atoms with E-state index in [0.717, 1.165) is 31.8 Å². The fourth-order valence-corrected chi connectivity index (χ4v) is 5.57. The molecule has 1 aliphatic heterocycles. The van der Waals surface area contributed by atoms with Crippen molar-refractivity contribution < 1.29 is 12.9 Å². The van der Waals surface area contributed by atoms with Crippen LogP contribution in [0.4, 0.5) is 0 Å². The molecule has 2 aromatic heterocycles. The number of nitrogens with one attached hydrogen (secondary N) is 1. The zero-order valence-electron chi connectivity index (χ0n) is 14.9. The summed E-state index contributed by atoms with van der Waals surface area (Å²) in [5.74, 6) is 1.06. The first-order chi connectivity index (χ1) is 11.9. The second-order valence-corrected chi connectivity index (χ2v) is 9.44. The lowest BCUT2D eigenvalue weighted by molar-refractivity contribution is 0.141. The standard InChI is InChI=1S/C17H25N3O3S2/c1-12-6-8-20(9-7-12)15(16-5-4-10-24-16)11-18-25(21,22)17-13(2)19-23-14(17)3/h4-5,10,12,15,18H,6-9,11H2,1-3H3/t15-/m0/s1. The lowest BCUT2D eigenvalue weighted by atomic mass is 9.97. The van der Waals surface area contributed by atoms with E-state index in [9.17, 15) is 8.42 Å². The van der Waals surface area contributed by atoms with Gasteiger partial charge in [-0.2, -0.15) is 0 Å². The lowest BCUT2D eigenvalue weighted by Gasteiger charge is -2.36. The number of aryl methyl sites for hydroxylation is 2. The summed E-state index contributed by atoms with van der Waals surface area (Å²) in [6.45, 7) is 7.89. The van der Waals surface area contributed by atoms with Gasteiger partial charge in [-0.05, 0) is 57.1 Å². The van der Waals surface area contributed by atoms with E-state index in [2.05, 4.69) is 27.8 Å². The monoisotopic (exact) mass is 383 g/mol. The molecule has 0 aromatic carbocycles. The molecule has 1 fully saturated rings. The first-order valence-electron chi connectivity index (χ1n) is 8.58. The quantitative estimate of drug-likeness (QED) is 0.829. The molecule has 0 aliphatic carbocycles. The van der Waals surface area contributed by atoms with E-state index < -0.39 is 10.0 Å². The molecule has 1 saturated heterocycles. The van der Waals surface area contributed by atoms with E-state index in [-0.39, 0.29) is 10.9 Å². The molecule has 3 heterocycles. The van der Waals surface area contributed by atoms with Gasteiger partial charge in [0.25, 0.3) is 0 Å². The average Bonchev–Trinajstić information content (AvgIpc) is 3.19. The van der Waals surface area contributed by atoms with Crippen LogP contribution in [0, 0.1) is 19.8 Å². The summed E-state index contributed by atoms with van der Waals surface area (Å²) >= 11 is 1.67. The van der Waals surface area contributed by atoms with Gasteiger partial charge in [0.2, 0.25) is 10.0 Å². The molecule has 6 nitrogen and oxygen atoms in total. The van der Waals surface area contributed by atoms with E-state index in [0.29, 0.717) is 18.0 Å². The maximum absolute atomic E-state index is 12.7. The second kappa shape index (κ2) is 7.57. The zero-order chi connectivity index (χ0) is 18.0. The number of nitrogens with zero attached hydrogens (tertiary/aromatic N) is 2. The number of hydrogen-bond donors (Lipinski definition) is 1. The van der Waals surface area contributed by atoms with Crippen LogP contribution in [0.2, 0.25) is 0 Å². The van der Waals surface area contributed by atoms with Gasteiger partial charge in [0.05, 0.1) is 6.04 Å². The number of sulfonamides is 1. The molecular formula is C17H25N3O3S2. The highest BCUT2D eigenvalue weighted by Gasteiger charge is 2.29. The summed E-state index contributed by atoms with van der Waals surface area (Å²) in [7, 11) is -3.64. The Morgan fingerprint density at radius 3 is 2.68 bits per heavy atom. The van der Waals surface area contributed by atoms with Crippen LogP contribution in [-0.4, -0.2) is 38.1 Å². The van der Waals surface area contributed by atoms with Crippen LogP contribution in [0.25, 0.3) is 0 Å². The van der Waals surface area contributed by atoms with Crippen molar-refractivity contribution in [2.24, 2.45) is 5.92 Å². The third kappa shape index (κ3) is 4.13. The number of rotatable bonds is 6. The Labute approximate surface area is 153 Å². The number of piperidine rings is 1. The first kappa shape index (κ1) is 18.6. The molecule has 1 aliphatic rings. The highest BCUT2D eigenvalue weighted by Crippen LogP contribution is 2.29. The maximum Gasteiger partial charge on any atom is 0.246 e. The van der Waals surface area contributed by atoms with Crippen molar-refractivity contribution >= 4 is 21.4 Å². The Hall–Kier alpha value is -1.22. The van der Waals surface area contributed by atoms with Crippen molar-refractivity contribution in [1.82, 2.24) is 14.8 Å². The minimum Gasteiger partial charge on any atom is -0.360 e. The highest BCUT2D eigenvalue weighted by molar-refractivity contribution is 7.89. The van der Waals surface area contributed by atoms with Crippen molar-refractivity contribution in [1.29, 1.82) is 0 Å². The van der Waals surface area contributed by atoms with Crippen molar-refractivity contribution in [2.75, 3.05) is 19.6 Å². The Morgan fingerprint density at radius 1 is 1.40 bits per heavy atom. The van der Waals surface area contributed by atoms with Crippen molar-refractivity contribution in [2.45, 2.75) is 44.6 Å². The van der Waals surface area contributed by atoms with E-state index >= 15 is 0 Å². The normalized spacial score (nSPS) is 18.5. The Kier molecular flexibility index (Phi) is 5.62. The SMILES string of the molecule is Cc1noc(C)c1S(=O)(=O)NC[C@@H](c1cccs1)N1CCC(C)CC1. The van der Waals surface area contributed by atoms with Gasteiger partial charge >= 0.3 is 0 Å². The molecule has 0 amide bonds. The summed E-state index contributed by atoms with van der Waals surface area (Å²) in [4.78, 5) is 3.74. The summed E-state index contributed by atoms with van der Waals surface area (Å²) in [5, 5.41) is 5.79. The number of likely N-dealkylation sites (tertiary alicyclic amines) is 1. The van der Waals surface area contributed by atoms with Crippen LogP contribution in [0.5, 0.6) is 0 Å². The summed E-state index contributed by atoms with van der Waals surface area (Å²) < 4.78 is 33.2. The Bertz CT molecular complexity index is 772. The molecule has 0 saturated carbocycles. The minimum atomic E-state index is -3.64. The summed E-state index contributed by atoms with van der Waals surface area (Å²) in [6.07, 6.45) is 2.30. The van der Waals surface area contributed by atoms with Crippen LogP contribution in [0.3, 0.4) is 0 Å². The molecule has 1 atom stereocenters. The largest absolute Gasteiger partial charge is 0.360 e. The zero-order valence-corrected chi connectivity index (χ0v) is 16.5. The van der Waals surface area contributed by atoms with Crippen molar-refractivity contribution in [3.05, 3.63) is 33.8 Å². The fraction of sp³-hybridized carbons (Fsp3) is 0.588. The van der Waals surface area contributed by atoms with Gasteiger partial charge in [-0.1, -0.05) is 18.1 Å². The second-order valence-electron chi connectivity index (χ2n) is 6.75. The van der Waals surface area contributed by atoms with Crippen molar-refractivity contribution in [3.63, 3.8) is 0 Å². The molecule has 1 N–H and O–H groups in total. The fourth-order valence-electron chi connectivity index (χ4n) is 3.35. The lowest BCUT2D eigenvalue weighted by Crippen LogP contribution is -2.41. The highest BCUT2D eigenvalue weighted by atomic mass is 32.2. The first-order valence-corrected chi connectivity index (χ1v) is 10.9. The van der Waals surface area contributed by atoms with E-state index in [4.69, 9.17) is 4.52 Å². The third-order valence-electron chi connectivity index (χ3n) is 4.83. The van der Waals surface area contributed by atoms with E-state index in [1.54, 1.807) is 25.2 Å². The van der Waals surface area contributed by atoms with Crippen LogP contribution >= 0.6 is 11.3 Å². The number of hydrogen-bond acceptors (Lipinski definition) is 6. The number of aromatic nitrogens is 1. The van der Waals surface area contributed by atoms with Crippen LogP contribution < -0.4 is 4.72 Å². The molecule has 138 valence electrons. The van der Waals surface area contributed by atoms with E-state index in [1.165, 1.54) is 4.88 Å². The van der Waals surface area contributed by atoms with E-state index in [1.807, 2.05) is 11.4 Å². The van der Waals surface area contributed by atoms with Gasteiger partial charge < -0.3 is 4.52 Å². The Balaban J connectivity index is 1.77. The van der Waals surface area contributed by atoms with Gasteiger partial charge in [-0.25, -0.2) is 13.1 Å². The summed E-state index contributed by atoms with van der Waals surface area (Å²) in [5.41, 5.74) is 0.393. The molecule has 2 aromatic rings. The predicted octanol–water partition coefficient (Wildman–Crippen LogP) is 3.10. The van der Waals surface area contributed by atoms with Crippen LogP contribution in [-0.2, 0) is 10.0 Å². The predicted molar refractivity (Wildman–Crippen MR) is 98.2 cm³/mol. The molecule has 0 bridgehead atoms. The van der Waals surface area contributed by atoms with Gasteiger partial charge in [0.15, 0.2) is 5.76 Å². The van der Waals surface area contributed by atoms with Gasteiger partial charge in [0.1, 0.15) is 10.6 Å². The molecular weight excluding hydrogens is 358 g/mol. The van der Waals surface area contributed by atoms with Gasteiger partial charge in [-0.3, -0.25) is 4.90 Å². The molecule has 0 spiro atoms. The molecule has 0 radical (unpaired) electrons. The van der Waals surface area contributed by atoms with Crippen LogP contribution in [0.1, 0.15) is 42.1 Å².